The fourth-order valence-electron chi connectivity index (χ4n) is 2.32. The van der Waals surface area contributed by atoms with Gasteiger partial charge in [0.25, 0.3) is 0 Å². The number of nitrogens with one attached hydrogen (secondary N) is 1. The van der Waals surface area contributed by atoms with Crippen LogP contribution in [0.15, 0.2) is 42.5 Å². The smallest absolute Gasteiger partial charge is 0.324 e. The molecule has 0 aliphatic rings. The number of para-hydroxylation sites is 1. The molecule has 0 aliphatic carbocycles. The van der Waals surface area contributed by atoms with Crippen LogP contribution in [0.25, 0.3) is 0 Å². The molecule has 1 N–H and O–H groups in total. The van der Waals surface area contributed by atoms with Crippen LogP contribution in [0.3, 0.4) is 0 Å². The quantitative estimate of drug-likeness (QED) is 0.792. The van der Waals surface area contributed by atoms with Crippen LogP contribution in [0.4, 0.5) is 24.5 Å². The zero-order valence-corrected chi connectivity index (χ0v) is 15.9. The number of alkyl halides is 3. The number of rotatable bonds is 5. The average molecular weight is 421 g/mol. The summed E-state index contributed by atoms with van der Waals surface area (Å²) in [5.74, 6) is -0.696. The van der Waals surface area contributed by atoms with Crippen LogP contribution in [0.1, 0.15) is 11.1 Å². The summed E-state index contributed by atoms with van der Waals surface area (Å²) in [6.45, 7) is 1.06. The molecule has 27 heavy (non-hydrogen) atoms. The van der Waals surface area contributed by atoms with E-state index in [1.54, 1.807) is 31.2 Å². The second-order valence-electron chi connectivity index (χ2n) is 5.79. The Morgan fingerprint density at radius 3 is 2.37 bits per heavy atom. The van der Waals surface area contributed by atoms with Crippen LogP contribution in [0, 0.1) is 6.92 Å². The van der Waals surface area contributed by atoms with Crippen LogP contribution in [-0.2, 0) is 21.0 Å². The first-order valence-electron chi connectivity index (χ1n) is 7.59. The molecule has 0 saturated carbocycles. The minimum Gasteiger partial charge on any atom is -0.324 e. The van der Waals surface area contributed by atoms with E-state index in [1.807, 2.05) is 0 Å². The summed E-state index contributed by atoms with van der Waals surface area (Å²) in [6.07, 6.45) is -3.96. The summed E-state index contributed by atoms with van der Waals surface area (Å²) in [7, 11) is -4.03. The number of aryl methyl sites for hydroxylation is 1. The molecule has 0 heterocycles. The zero-order chi connectivity index (χ0) is 20.4. The number of benzene rings is 2. The van der Waals surface area contributed by atoms with Gasteiger partial charge in [0.1, 0.15) is 6.54 Å². The molecule has 0 saturated heterocycles. The largest absolute Gasteiger partial charge is 0.417 e. The fraction of sp³-hybridized carbons (Fsp3) is 0.235. The molecule has 0 spiro atoms. The highest BCUT2D eigenvalue weighted by Crippen LogP contribution is 2.37. The van der Waals surface area contributed by atoms with E-state index in [0.29, 0.717) is 16.1 Å². The van der Waals surface area contributed by atoms with Gasteiger partial charge in [-0.2, -0.15) is 13.2 Å². The Bertz CT molecular complexity index is 962. The Hall–Kier alpha value is -2.26. The summed E-state index contributed by atoms with van der Waals surface area (Å²) in [4.78, 5) is 12.3. The van der Waals surface area contributed by atoms with Crippen molar-refractivity contribution in [1.29, 1.82) is 0 Å². The lowest BCUT2D eigenvalue weighted by molar-refractivity contribution is -0.137. The third-order valence-electron chi connectivity index (χ3n) is 3.65. The summed E-state index contributed by atoms with van der Waals surface area (Å²) >= 11 is 5.56. The molecule has 0 fully saturated rings. The highest BCUT2D eigenvalue weighted by atomic mass is 35.5. The molecule has 10 heteroatoms. The molecule has 0 aromatic heterocycles. The van der Waals surface area contributed by atoms with Crippen molar-refractivity contribution in [2.45, 2.75) is 13.1 Å². The van der Waals surface area contributed by atoms with Crippen LogP contribution in [-0.4, -0.2) is 27.1 Å². The number of amides is 1. The van der Waals surface area contributed by atoms with Gasteiger partial charge in [-0.05, 0) is 36.8 Å². The van der Waals surface area contributed by atoms with E-state index in [-0.39, 0.29) is 5.69 Å². The Kier molecular flexibility index (Phi) is 6.06. The highest BCUT2D eigenvalue weighted by Gasteiger charge is 2.34. The van der Waals surface area contributed by atoms with E-state index in [0.717, 1.165) is 24.0 Å². The van der Waals surface area contributed by atoms with Gasteiger partial charge >= 0.3 is 6.18 Å². The van der Waals surface area contributed by atoms with E-state index in [4.69, 9.17) is 11.6 Å². The molecule has 1 amide bonds. The van der Waals surface area contributed by atoms with Crippen LogP contribution < -0.4 is 9.62 Å². The van der Waals surface area contributed by atoms with Crippen molar-refractivity contribution < 1.29 is 26.4 Å². The first kappa shape index (κ1) is 21.0. The lowest BCUT2D eigenvalue weighted by Crippen LogP contribution is -2.37. The second kappa shape index (κ2) is 7.77. The molecular weight excluding hydrogens is 405 g/mol. The van der Waals surface area contributed by atoms with Crippen LogP contribution >= 0.6 is 11.6 Å². The molecule has 0 bridgehead atoms. The van der Waals surface area contributed by atoms with Crippen molar-refractivity contribution in [2.75, 3.05) is 22.4 Å². The second-order valence-corrected chi connectivity index (χ2v) is 8.11. The van der Waals surface area contributed by atoms with Crippen molar-refractivity contribution >= 4 is 38.9 Å². The van der Waals surface area contributed by atoms with Gasteiger partial charge in [-0.15, -0.1) is 0 Å². The Labute approximate surface area is 159 Å². The molecule has 2 rings (SSSR count). The standard InChI is InChI=1S/C17H16ClF3N2O3S/c1-11-5-3-4-6-15(11)22-16(24)10-23(27(2,25)26)12-7-8-14(18)13(9-12)17(19,20)21/h3-9H,10H2,1-2H3,(H,22,24). The van der Waals surface area contributed by atoms with Gasteiger partial charge < -0.3 is 5.32 Å². The van der Waals surface area contributed by atoms with E-state index >= 15 is 0 Å². The molecule has 0 aliphatic heterocycles. The molecule has 146 valence electrons. The lowest BCUT2D eigenvalue weighted by atomic mass is 10.2. The summed E-state index contributed by atoms with van der Waals surface area (Å²) in [5, 5.41) is 1.98. The Morgan fingerprint density at radius 1 is 1.19 bits per heavy atom. The van der Waals surface area contributed by atoms with Crippen molar-refractivity contribution in [1.82, 2.24) is 0 Å². The monoisotopic (exact) mass is 420 g/mol. The fourth-order valence-corrected chi connectivity index (χ4v) is 3.39. The number of halogens is 4. The van der Waals surface area contributed by atoms with Gasteiger partial charge in [0.05, 0.1) is 22.5 Å². The first-order valence-corrected chi connectivity index (χ1v) is 9.82. The maximum Gasteiger partial charge on any atom is 0.417 e. The van der Waals surface area contributed by atoms with Gasteiger partial charge in [0, 0.05) is 5.69 Å². The maximum absolute atomic E-state index is 13.1. The lowest BCUT2D eigenvalue weighted by Gasteiger charge is -2.23. The number of hydrogen-bond donors (Lipinski definition) is 1. The van der Waals surface area contributed by atoms with E-state index in [2.05, 4.69) is 5.32 Å². The van der Waals surface area contributed by atoms with Crippen molar-refractivity contribution in [2.24, 2.45) is 0 Å². The minimum absolute atomic E-state index is 0.311. The number of sulfonamides is 1. The summed E-state index contributed by atoms with van der Waals surface area (Å²) in [6, 6.07) is 9.48. The minimum atomic E-state index is -4.76. The molecule has 0 unspecified atom stereocenters. The van der Waals surface area contributed by atoms with E-state index in [1.165, 1.54) is 0 Å². The highest BCUT2D eigenvalue weighted by molar-refractivity contribution is 7.92. The predicted octanol–water partition coefficient (Wildman–Crippen LogP) is 4.07. The first-order chi connectivity index (χ1) is 12.4. The normalized spacial score (nSPS) is 11.9. The number of hydrogen-bond acceptors (Lipinski definition) is 3. The van der Waals surface area contributed by atoms with Gasteiger partial charge in [0.2, 0.25) is 15.9 Å². The maximum atomic E-state index is 13.1. The number of anilines is 2. The van der Waals surface area contributed by atoms with Crippen molar-refractivity contribution in [3.05, 3.63) is 58.6 Å². The summed E-state index contributed by atoms with van der Waals surface area (Å²) < 4.78 is 63.9. The molecular formula is C17H16ClF3N2O3S. The topological polar surface area (TPSA) is 66.5 Å². The molecule has 5 nitrogen and oxygen atoms in total. The Balaban J connectivity index is 2.35. The van der Waals surface area contributed by atoms with Gasteiger partial charge in [-0.1, -0.05) is 29.8 Å². The van der Waals surface area contributed by atoms with Gasteiger partial charge in [-0.3, -0.25) is 9.10 Å². The number of nitrogens with zero attached hydrogens (tertiary/aromatic N) is 1. The Morgan fingerprint density at radius 2 is 1.81 bits per heavy atom. The third-order valence-corrected chi connectivity index (χ3v) is 5.12. The molecule has 2 aromatic rings. The van der Waals surface area contributed by atoms with Gasteiger partial charge in [-0.25, -0.2) is 8.42 Å². The number of carbonyl (C=O) groups excluding carboxylic acids is 1. The molecule has 0 radical (unpaired) electrons. The van der Waals surface area contributed by atoms with E-state index in [9.17, 15) is 26.4 Å². The van der Waals surface area contributed by atoms with Crippen molar-refractivity contribution in [3.63, 3.8) is 0 Å². The predicted molar refractivity (Wildman–Crippen MR) is 98.5 cm³/mol. The molecule has 2 aromatic carbocycles. The van der Waals surface area contributed by atoms with Crippen LogP contribution in [0.2, 0.25) is 5.02 Å². The SMILES string of the molecule is Cc1ccccc1NC(=O)CN(c1ccc(Cl)c(C(F)(F)F)c1)S(C)(=O)=O. The van der Waals surface area contributed by atoms with Crippen molar-refractivity contribution in [3.8, 4) is 0 Å². The van der Waals surface area contributed by atoms with E-state index < -0.39 is 39.2 Å². The average Bonchev–Trinajstić information content (AvgIpc) is 2.53. The summed E-state index contributed by atoms with van der Waals surface area (Å²) in [5.41, 5.74) is -0.269. The third kappa shape index (κ3) is 5.36. The molecule has 0 atom stereocenters. The zero-order valence-electron chi connectivity index (χ0n) is 14.3. The van der Waals surface area contributed by atoms with Gasteiger partial charge in [0.15, 0.2) is 0 Å². The van der Waals surface area contributed by atoms with Crippen LogP contribution in [0.5, 0.6) is 0 Å². The number of carbonyl (C=O) groups is 1.